The van der Waals surface area contributed by atoms with Crippen LogP contribution in [0.1, 0.15) is 5.56 Å². The molecule has 0 aliphatic heterocycles. The number of pyridine rings is 1. The number of halogens is 3. The van der Waals surface area contributed by atoms with Crippen molar-refractivity contribution in [3.05, 3.63) is 54.6 Å². The minimum absolute atomic E-state index is 0.129. The maximum absolute atomic E-state index is 12.9. The molecule has 0 fully saturated rings. The molecule has 3 aromatic rings. The van der Waals surface area contributed by atoms with Crippen molar-refractivity contribution in [3.63, 3.8) is 0 Å². The zero-order valence-electron chi connectivity index (χ0n) is 13.5. The topological polar surface area (TPSA) is 42.7 Å². The Morgan fingerprint density at radius 2 is 1.92 bits per heavy atom. The largest absolute Gasteiger partial charge is 0.416 e. The molecule has 0 bridgehead atoms. The van der Waals surface area contributed by atoms with Gasteiger partial charge < -0.3 is 9.88 Å². The molecule has 0 aliphatic rings. The molecule has 0 saturated heterocycles. The summed E-state index contributed by atoms with van der Waals surface area (Å²) in [6.07, 6.45) is 2.21. The summed E-state index contributed by atoms with van der Waals surface area (Å²) in [6.45, 7) is 0. The molecule has 1 aromatic carbocycles. The summed E-state index contributed by atoms with van der Waals surface area (Å²) in [5.74, 6) is 0.129. The van der Waals surface area contributed by atoms with E-state index < -0.39 is 11.7 Å². The molecule has 1 N–H and O–H groups in total. The molecule has 3 rings (SSSR count). The molecule has 2 aromatic heterocycles. The molecular weight excluding hydrogens is 349 g/mol. The summed E-state index contributed by atoms with van der Waals surface area (Å²) in [7, 11) is 1.86. The second kappa shape index (κ2) is 6.79. The highest BCUT2D eigenvalue weighted by Gasteiger charge is 2.30. The van der Waals surface area contributed by atoms with Gasteiger partial charge in [-0.3, -0.25) is 0 Å². The highest BCUT2D eigenvalue weighted by molar-refractivity contribution is 7.98. The quantitative estimate of drug-likeness (QED) is 0.664. The van der Waals surface area contributed by atoms with Gasteiger partial charge in [0.25, 0.3) is 0 Å². The van der Waals surface area contributed by atoms with E-state index in [0.29, 0.717) is 5.69 Å². The van der Waals surface area contributed by atoms with Crippen LogP contribution in [-0.4, -0.2) is 20.8 Å². The number of nitrogens with one attached hydrogen (secondary N) is 1. The van der Waals surface area contributed by atoms with E-state index in [1.807, 2.05) is 42.3 Å². The SMILES string of the molecule is CSc1ccc(Nc2cc(C(F)(F)F)ccn2)c(-c2cn(C)cn2)c1. The minimum atomic E-state index is -4.41. The average molecular weight is 364 g/mol. The van der Waals surface area contributed by atoms with Crippen molar-refractivity contribution in [1.29, 1.82) is 0 Å². The lowest BCUT2D eigenvalue weighted by molar-refractivity contribution is -0.137. The van der Waals surface area contributed by atoms with Crippen LogP contribution in [0.15, 0.2) is 53.9 Å². The summed E-state index contributed by atoms with van der Waals surface area (Å²) in [5.41, 5.74) is 1.42. The molecule has 130 valence electrons. The number of hydrogen-bond donors (Lipinski definition) is 1. The van der Waals surface area contributed by atoms with Crippen molar-refractivity contribution >= 4 is 23.3 Å². The normalized spacial score (nSPS) is 11.6. The van der Waals surface area contributed by atoms with Crippen molar-refractivity contribution in [3.8, 4) is 11.3 Å². The molecule has 0 unspecified atom stereocenters. The molecule has 0 spiro atoms. The lowest BCUT2D eigenvalue weighted by Crippen LogP contribution is -2.06. The standard InChI is InChI=1S/C17H15F3N4S/c1-24-9-15(22-10-24)13-8-12(25-2)3-4-14(13)23-16-7-11(5-6-21-16)17(18,19)20/h3-10H,1-2H3,(H,21,23). The first-order chi connectivity index (χ1) is 11.9. The Balaban J connectivity index is 2.00. The maximum Gasteiger partial charge on any atom is 0.416 e. The highest BCUT2D eigenvalue weighted by Crippen LogP contribution is 2.34. The molecule has 2 heterocycles. The first-order valence-corrected chi connectivity index (χ1v) is 8.56. The second-order valence-corrected chi connectivity index (χ2v) is 6.27. The van der Waals surface area contributed by atoms with Gasteiger partial charge in [-0.15, -0.1) is 11.8 Å². The van der Waals surface area contributed by atoms with Crippen LogP contribution < -0.4 is 5.32 Å². The van der Waals surface area contributed by atoms with E-state index in [-0.39, 0.29) is 5.82 Å². The minimum Gasteiger partial charge on any atom is -0.340 e. The number of hydrogen-bond acceptors (Lipinski definition) is 4. The fourth-order valence-electron chi connectivity index (χ4n) is 2.34. The lowest BCUT2D eigenvalue weighted by Gasteiger charge is -2.13. The number of thioether (sulfide) groups is 1. The van der Waals surface area contributed by atoms with Crippen LogP contribution in [0.25, 0.3) is 11.3 Å². The van der Waals surface area contributed by atoms with Crippen molar-refractivity contribution < 1.29 is 13.2 Å². The van der Waals surface area contributed by atoms with Crippen LogP contribution >= 0.6 is 11.8 Å². The molecular formula is C17H15F3N4S. The molecule has 25 heavy (non-hydrogen) atoms. The Hall–Kier alpha value is -2.48. The third-order valence-corrected chi connectivity index (χ3v) is 4.28. The predicted molar refractivity (Wildman–Crippen MR) is 92.9 cm³/mol. The second-order valence-electron chi connectivity index (χ2n) is 5.39. The summed E-state index contributed by atoms with van der Waals surface area (Å²) in [6, 6.07) is 7.60. The van der Waals surface area contributed by atoms with E-state index in [9.17, 15) is 13.2 Å². The van der Waals surface area contributed by atoms with Crippen molar-refractivity contribution in [2.75, 3.05) is 11.6 Å². The van der Waals surface area contributed by atoms with E-state index in [4.69, 9.17) is 0 Å². The van der Waals surface area contributed by atoms with Gasteiger partial charge in [0.15, 0.2) is 0 Å². The number of nitrogens with zero attached hydrogens (tertiary/aromatic N) is 3. The average Bonchev–Trinajstić information content (AvgIpc) is 3.01. The molecule has 0 amide bonds. The Kier molecular flexibility index (Phi) is 4.71. The van der Waals surface area contributed by atoms with Crippen molar-refractivity contribution in [1.82, 2.24) is 14.5 Å². The van der Waals surface area contributed by atoms with E-state index in [0.717, 1.165) is 34.5 Å². The smallest absolute Gasteiger partial charge is 0.340 e. The van der Waals surface area contributed by atoms with E-state index in [1.165, 1.54) is 0 Å². The van der Waals surface area contributed by atoms with Gasteiger partial charge in [0.05, 0.1) is 17.6 Å². The van der Waals surface area contributed by atoms with Gasteiger partial charge in [0, 0.05) is 35.6 Å². The van der Waals surface area contributed by atoms with Gasteiger partial charge in [0.2, 0.25) is 0 Å². The van der Waals surface area contributed by atoms with Gasteiger partial charge in [-0.1, -0.05) is 0 Å². The zero-order chi connectivity index (χ0) is 18.0. The fraction of sp³-hybridized carbons (Fsp3) is 0.176. The highest BCUT2D eigenvalue weighted by atomic mass is 32.2. The van der Waals surface area contributed by atoms with Crippen LogP contribution in [0.5, 0.6) is 0 Å². The Bertz CT molecular complexity index is 890. The number of aromatic nitrogens is 3. The van der Waals surface area contributed by atoms with Crippen molar-refractivity contribution in [2.24, 2.45) is 7.05 Å². The van der Waals surface area contributed by atoms with Crippen LogP contribution in [0.4, 0.5) is 24.7 Å². The maximum atomic E-state index is 12.9. The van der Waals surface area contributed by atoms with Gasteiger partial charge in [-0.25, -0.2) is 9.97 Å². The van der Waals surface area contributed by atoms with E-state index in [1.54, 1.807) is 18.1 Å². The van der Waals surface area contributed by atoms with Crippen LogP contribution in [0.2, 0.25) is 0 Å². The summed E-state index contributed by atoms with van der Waals surface area (Å²) < 4.78 is 40.5. The van der Waals surface area contributed by atoms with Crippen LogP contribution in [-0.2, 0) is 13.2 Å². The predicted octanol–water partition coefficient (Wildman–Crippen LogP) is 4.97. The van der Waals surface area contributed by atoms with Gasteiger partial charge in [0.1, 0.15) is 5.82 Å². The first-order valence-electron chi connectivity index (χ1n) is 7.33. The number of alkyl halides is 3. The van der Waals surface area contributed by atoms with Crippen LogP contribution in [0.3, 0.4) is 0 Å². The molecule has 0 radical (unpaired) electrons. The molecule has 8 heteroatoms. The number of anilines is 2. The molecule has 0 atom stereocenters. The monoisotopic (exact) mass is 364 g/mol. The summed E-state index contributed by atoms with van der Waals surface area (Å²) >= 11 is 1.58. The Morgan fingerprint density at radius 3 is 2.56 bits per heavy atom. The molecule has 0 saturated carbocycles. The Morgan fingerprint density at radius 1 is 1.12 bits per heavy atom. The summed E-state index contributed by atoms with van der Waals surface area (Å²) in [5, 5.41) is 2.97. The zero-order valence-corrected chi connectivity index (χ0v) is 14.3. The third-order valence-electron chi connectivity index (χ3n) is 3.56. The third kappa shape index (κ3) is 3.96. The fourth-order valence-corrected chi connectivity index (χ4v) is 2.78. The van der Waals surface area contributed by atoms with Crippen molar-refractivity contribution in [2.45, 2.75) is 11.1 Å². The number of aryl methyl sites for hydroxylation is 1. The van der Waals surface area contributed by atoms with E-state index in [2.05, 4.69) is 15.3 Å². The van der Waals surface area contributed by atoms with Gasteiger partial charge in [-0.05, 0) is 36.6 Å². The van der Waals surface area contributed by atoms with Gasteiger partial charge in [-0.2, -0.15) is 13.2 Å². The first kappa shape index (κ1) is 17.3. The number of benzene rings is 1. The lowest BCUT2D eigenvalue weighted by atomic mass is 10.1. The van der Waals surface area contributed by atoms with E-state index >= 15 is 0 Å². The Labute approximate surface area is 147 Å². The molecule has 4 nitrogen and oxygen atoms in total. The molecule has 0 aliphatic carbocycles. The number of rotatable bonds is 4. The number of imidazole rings is 1. The van der Waals surface area contributed by atoms with Crippen LogP contribution in [0, 0.1) is 0 Å². The van der Waals surface area contributed by atoms with Gasteiger partial charge >= 0.3 is 6.18 Å². The summed E-state index contributed by atoms with van der Waals surface area (Å²) in [4.78, 5) is 9.35.